The van der Waals surface area contributed by atoms with Gasteiger partial charge in [-0.15, -0.1) is 0 Å². The molecule has 0 saturated carbocycles. The summed E-state index contributed by atoms with van der Waals surface area (Å²) in [6.07, 6.45) is 1.81. The Kier molecular flexibility index (Phi) is 4.92. The topological polar surface area (TPSA) is 21.1 Å². The molecule has 0 atom stereocenters. The smallest absolute Gasteiger partial charge is 0.102 e. The van der Waals surface area contributed by atoms with Crippen LogP contribution in [-0.4, -0.2) is 34.3 Å². The van der Waals surface area contributed by atoms with Crippen LogP contribution in [0.25, 0.3) is 0 Å². The molecule has 0 N–H and O–H groups in total. The van der Waals surface area contributed by atoms with E-state index in [0.717, 1.165) is 25.3 Å². The zero-order valence-electron chi connectivity index (χ0n) is 9.82. The van der Waals surface area contributed by atoms with E-state index in [0.29, 0.717) is 6.54 Å². The fourth-order valence-corrected chi connectivity index (χ4v) is 1.31. The predicted molar refractivity (Wildman–Crippen MR) is 62.5 cm³/mol. The van der Waals surface area contributed by atoms with Crippen molar-refractivity contribution >= 4 is 0 Å². The van der Waals surface area contributed by atoms with Crippen LogP contribution in [-0.2, 0) is 6.54 Å². The quantitative estimate of drug-likeness (QED) is 0.695. The van der Waals surface area contributed by atoms with Crippen molar-refractivity contribution in [3.63, 3.8) is 0 Å². The van der Waals surface area contributed by atoms with Gasteiger partial charge in [-0.1, -0.05) is 25.7 Å². The van der Waals surface area contributed by atoms with Gasteiger partial charge in [0.15, 0.2) is 0 Å². The number of hydrogen-bond acceptors (Lipinski definition) is 2. The van der Waals surface area contributed by atoms with Gasteiger partial charge in [-0.3, -0.25) is 9.58 Å². The molecule has 0 bridgehead atoms. The first kappa shape index (κ1) is 11.8. The Hall–Kier alpha value is -1.27. The van der Waals surface area contributed by atoms with E-state index in [-0.39, 0.29) is 0 Å². The van der Waals surface area contributed by atoms with Crippen molar-refractivity contribution in [2.75, 3.05) is 19.6 Å². The maximum atomic E-state index is 4.17. The van der Waals surface area contributed by atoms with Crippen LogP contribution in [0.2, 0.25) is 0 Å². The van der Waals surface area contributed by atoms with Crippen LogP contribution in [0.3, 0.4) is 0 Å². The Morgan fingerprint density at radius 3 is 2.60 bits per heavy atom. The summed E-state index contributed by atoms with van der Waals surface area (Å²) in [5.41, 5.74) is 1.16. The highest BCUT2D eigenvalue weighted by Gasteiger charge is 1.94. The van der Waals surface area contributed by atoms with Gasteiger partial charge in [-0.05, 0) is 26.1 Å². The Labute approximate surface area is 92.1 Å². The standard InChI is InChI=1S/C12H19N3/c1-4-14(5-2)10-6-7-11-15-12(3)8-9-13-15/h8-9H,4-5,10-11H2,1-3H3. The van der Waals surface area contributed by atoms with Crippen molar-refractivity contribution in [3.8, 4) is 11.8 Å². The Morgan fingerprint density at radius 2 is 2.07 bits per heavy atom. The first-order valence-corrected chi connectivity index (χ1v) is 5.44. The van der Waals surface area contributed by atoms with E-state index in [1.807, 2.05) is 17.7 Å². The molecule has 1 aromatic rings. The van der Waals surface area contributed by atoms with Crippen molar-refractivity contribution in [1.82, 2.24) is 14.7 Å². The van der Waals surface area contributed by atoms with Gasteiger partial charge < -0.3 is 0 Å². The number of rotatable bonds is 4. The van der Waals surface area contributed by atoms with Gasteiger partial charge in [0.05, 0.1) is 6.54 Å². The van der Waals surface area contributed by atoms with Crippen LogP contribution in [0.1, 0.15) is 19.5 Å². The van der Waals surface area contributed by atoms with Gasteiger partial charge in [0.2, 0.25) is 0 Å². The van der Waals surface area contributed by atoms with E-state index < -0.39 is 0 Å². The van der Waals surface area contributed by atoms with Gasteiger partial charge in [-0.25, -0.2) is 0 Å². The minimum Gasteiger partial charge on any atom is -0.293 e. The molecule has 0 unspecified atom stereocenters. The number of aromatic nitrogens is 2. The minimum absolute atomic E-state index is 0.695. The van der Waals surface area contributed by atoms with Crippen LogP contribution in [0.4, 0.5) is 0 Å². The number of nitrogens with zero attached hydrogens (tertiary/aromatic N) is 3. The lowest BCUT2D eigenvalue weighted by Gasteiger charge is -2.13. The number of hydrogen-bond donors (Lipinski definition) is 0. The molecule has 0 saturated heterocycles. The third-order valence-electron chi connectivity index (χ3n) is 2.48. The maximum Gasteiger partial charge on any atom is 0.102 e. The van der Waals surface area contributed by atoms with Crippen LogP contribution in [0.15, 0.2) is 12.3 Å². The first-order chi connectivity index (χ1) is 7.27. The van der Waals surface area contributed by atoms with Gasteiger partial charge in [0.1, 0.15) is 6.54 Å². The maximum absolute atomic E-state index is 4.17. The van der Waals surface area contributed by atoms with Crippen molar-refractivity contribution in [1.29, 1.82) is 0 Å². The first-order valence-electron chi connectivity index (χ1n) is 5.44. The lowest BCUT2D eigenvalue weighted by atomic mass is 10.4. The SMILES string of the molecule is CCN(CC)CC#CCn1nccc1C. The van der Waals surface area contributed by atoms with E-state index in [2.05, 4.69) is 35.7 Å². The van der Waals surface area contributed by atoms with Crippen molar-refractivity contribution in [3.05, 3.63) is 18.0 Å². The summed E-state index contributed by atoms with van der Waals surface area (Å²) in [5, 5.41) is 4.17. The summed E-state index contributed by atoms with van der Waals surface area (Å²) >= 11 is 0. The Bertz CT molecular complexity index is 339. The van der Waals surface area contributed by atoms with Gasteiger partial charge in [0, 0.05) is 11.9 Å². The average molecular weight is 205 g/mol. The van der Waals surface area contributed by atoms with E-state index in [9.17, 15) is 0 Å². The van der Waals surface area contributed by atoms with Crippen LogP contribution < -0.4 is 0 Å². The van der Waals surface area contributed by atoms with Gasteiger partial charge >= 0.3 is 0 Å². The second-order valence-corrected chi connectivity index (χ2v) is 3.45. The molecule has 1 rings (SSSR count). The second kappa shape index (κ2) is 6.26. The molecule has 0 aromatic carbocycles. The molecule has 3 nitrogen and oxygen atoms in total. The molecular weight excluding hydrogens is 186 g/mol. The van der Waals surface area contributed by atoms with E-state index in [4.69, 9.17) is 0 Å². The molecule has 0 radical (unpaired) electrons. The summed E-state index contributed by atoms with van der Waals surface area (Å²) in [6.45, 7) is 10.0. The second-order valence-electron chi connectivity index (χ2n) is 3.45. The molecule has 1 heterocycles. The summed E-state index contributed by atoms with van der Waals surface area (Å²) in [6, 6.07) is 1.99. The highest BCUT2D eigenvalue weighted by Crippen LogP contribution is 1.93. The zero-order chi connectivity index (χ0) is 11.1. The zero-order valence-corrected chi connectivity index (χ0v) is 9.82. The van der Waals surface area contributed by atoms with E-state index in [1.54, 1.807) is 6.20 Å². The largest absolute Gasteiger partial charge is 0.293 e. The minimum atomic E-state index is 0.695. The molecular formula is C12H19N3. The fourth-order valence-electron chi connectivity index (χ4n) is 1.31. The molecule has 1 aromatic heterocycles. The van der Waals surface area contributed by atoms with Crippen LogP contribution in [0.5, 0.6) is 0 Å². The Morgan fingerprint density at radius 1 is 1.33 bits per heavy atom. The highest BCUT2D eigenvalue weighted by molar-refractivity contribution is 5.04. The van der Waals surface area contributed by atoms with Crippen molar-refractivity contribution < 1.29 is 0 Å². The molecule has 0 aliphatic heterocycles. The van der Waals surface area contributed by atoms with Gasteiger partial charge in [0.25, 0.3) is 0 Å². The molecule has 0 spiro atoms. The van der Waals surface area contributed by atoms with E-state index in [1.165, 1.54) is 0 Å². The van der Waals surface area contributed by atoms with Gasteiger partial charge in [-0.2, -0.15) is 5.10 Å². The highest BCUT2D eigenvalue weighted by atomic mass is 15.3. The average Bonchev–Trinajstić information content (AvgIpc) is 2.65. The van der Waals surface area contributed by atoms with Crippen molar-refractivity contribution in [2.45, 2.75) is 27.3 Å². The summed E-state index contributed by atoms with van der Waals surface area (Å²) in [5.74, 6) is 6.30. The predicted octanol–water partition coefficient (Wildman–Crippen LogP) is 1.54. The normalized spacial score (nSPS) is 10.1. The molecule has 0 aliphatic rings. The summed E-state index contributed by atoms with van der Waals surface area (Å²) in [7, 11) is 0. The lowest BCUT2D eigenvalue weighted by Crippen LogP contribution is -2.22. The molecule has 0 fully saturated rings. The van der Waals surface area contributed by atoms with Crippen LogP contribution in [0, 0.1) is 18.8 Å². The number of aryl methyl sites for hydroxylation is 1. The lowest BCUT2D eigenvalue weighted by molar-refractivity contribution is 0.342. The summed E-state index contributed by atoms with van der Waals surface area (Å²) in [4.78, 5) is 2.29. The van der Waals surface area contributed by atoms with E-state index >= 15 is 0 Å². The summed E-state index contributed by atoms with van der Waals surface area (Å²) < 4.78 is 1.91. The Balaban J connectivity index is 2.37. The fraction of sp³-hybridized carbons (Fsp3) is 0.583. The molecule has 3 heteroatoms. The monoisotopic (exact) mass is 205 g/mol. The third kappa shape index (κ3) is 3.77. The third-order valence-corrected chi connectivity index (χ3v) is 2.48. The molecule has 0 amide bonds. The molecule has 15 heavy (non-hydrogen) atoms. The molecule has 0 aliphatic carbocycles. The van der Waals surface area contributed by atoms with Crippen LogP contribution >= 0.6 is 0 Å². The van der Waals surface area contributed by atoms with Crippen molar-refractivity contribution in [2.24, 2.45) is 0 Å². The molecule has 82 valence electrons.